The Morgan fingerprint density at radius 3 is 2.55 bits per heavy atom. The first-order valence-corrected chi connectivity index (χ1v) is 2.95. The summed E-state index contributed by atoms with van der Waals surface area (Å²) in [4.78, 5) is 17.6. The number of carboxylic acids is 1. The molecule has 0 spiro atoms. The second-order valence-corrected chi connectivity index (χ2v) is 1.99. The molecule has 0 amide bonds. The number of nitrogens with two attached hydrogens (primary N) is 1. The summed E-state index contributed by atoms with van der Waals surface area (Å²) in [5.41, 5.74) is 5.66. The third-order valence-corrected chi connectivity index (χ3v) is 1.21. The maximum Gasteiger partial charge on any atom is 0.325 e. The van der Waals surface area contributed by atoms with E-state index in [1.807, 2.05) is 0 Å². The van der Waals surface area contributed by atoms with Gasteiger partial charge in [-0.25, -0.2) is 9.97 Å². The zero-order valence-corrected chi connectivity index (χ0v) is 5.64. The number of carboxylic acid groups (broad SMARTS) is 1. The summed E-state index contributed by atoms with van der Waals surface area (Å²) in [7, 11) is 0. The summed E-state index contributed by atoms with van der Waals surface area (Å²) in [6.07, 6.45) is 4.08. The van der Waals surface area contributed by atoms with Crippen molar-refractivity contribution < 1.29 is 9.90 Å². The van der Waals surface area contributed by atoms with Crippen molar-refractivity contribution in [2.75, 3.05) is 0 Å². The lowest BCUT2D eigenvalue weighted by molar-refractivity contribution is -0.138. The van der Waals surface area contributed by atoms with E-state index in [-0.39, 0.29) is 0 Å². The van der Waals surface area contributed by atoms with E-state index in [0.717, 1.165) is 0 Å². The first kappa shape index (κ1) is 7.62. The number of nitrogens with zero attached hydrogens (tertiary/aromatic N) is 2. The molecule has 0 aromatic carbocycles. The monoisotopic (exact) mass is 153 g/mol. The smallest absolute Gasteiger partial charge is 0.325 e. The van der Waals surface area contributed by atoms with Gasteiger partial charge in [0.1, 0.15) is 12.4 Å². The number of carbonyl (C=O) groups is 1. The Kier molecular flexibility index (Phi) is 2.12. The lowest BCUT2D eigenvalue weighted by Gasteiger charge is -2.03. The molecule has 58 valence electrons. The molecule has 1 atom stereocenters. The van der Waals surface area contributed by atoms with Gasteiger partial charge in [-0.15, -0.1) is 0 Å². The molecule has 5 heteroatoms. The zero-order chi connectivity index (χ0) is 8.27. The molecule has 0 aliphatic carbocycles. The van der Waals surface area contributed by atoms with Gasteiger partial charge in [-0.1, -0.05) is 0 Å². The van der Waals surface area contributed by atoms with Crippen molar-refractivity contribution in [3.05, 3.63) is 24.3 Å². The Morgan fingerprint density at radius 2 is 2.09 bits per heavy atom. The summed E-state index contributed by atoms with van der Waals surface area (Å²) >= 11 is 0. The summed E-state index contributed by atoms with van der Waals surface area (Å²) in [6, 6.07) is -1.03. The first-order chi connectivity index (χ1) is 5.22. The third kappa shape index (κ3) is 1.71. The largest absolute Gasteiger partial charge is 0.480 e. The van der Waals surface area contributed by atoms with Gasteiger partial charge in [0.25, 0.3) is 0 Å². The van der Waals surface area contributed by atoms with Crippen LogP contribution in [0.1, 0.15) is 11.6 Å². The van der Waals surface area contributed by atoms with E-state index in [1.165, 1.54) is 18.7 Å². The van der Waals surface area contributed by atoms with Gasteiger partial charge in [0.05, 0.1) is 0 Å². The molecule has 0 saturated heterocycles. The van der Waals surface area contributed by atoms with Crippen molar-refractivity contribution in [2.24, 2.45) is 5.73 Å². The summed E-state index contributed by atoms with van der Waals surface area (Å²) in [5.74, 6) is -1.08. The lowest BCUT2D eigenvalue weighted by atomic mass is 10.2. The first-order valence-electron chi connectivity index (χ1n) is 2.95. The molecular weight excluding hydrogens is 146 g/mol. The fourth-order valence-electron chi connectivity index (χ4n) is 0.614. The highest BCUT2D eigenvalue weighted by molar-refractivity contribution is 5.74. The number of hydrogen-bond acceptors (Lipinski definition) is 4. The highest BCUT2D eigenvalue weighted by Crippen LogP contribution is 2.05. The minimum atomic E-state index is -1.08. The van der Waals surface area contributed by atoms with Gasteiger partial charge in [0.2, 0.25) is 0 Å². The topological polar surface area (TPSA) is 89.1 Å². The second kappa shape index (κ2) is 3.07. The van der Waals surface area contributed by atoms with Crippen LogP contribution in [0.2, 0.25) is 0 Å². The Hall–Kier alpha value is -1.49. The predicted octanol–water partition coefficient (Wildman–Crippen LogP) is -0.439. The van der Waals surface area contributed by atoms with Crippen LogP contribution in [0.15, 0.2) is 18.7 Å². The van der Waals surface area contributed by atoms with Crippen molar-refractivity contribution in [1.29, 1.82) is 0 Å². The Balaban J connectivity index is 2.85. The van der Waals surface area contributed by atoms with E-state index in [0.29, 0.717) is 5.56 Å². The molecule has 0 aliphatic rings. The molecule has 1 heterocycles. The SMILES string of the molecule is N[C@@H](C(=O)O)c1cncnc1. The van der Waals surface area contributed by atoms with E-state index in [1.54, 1.807) is 0 Å². The van der Waals surface area contributed by atoms with Gasteiger partial charge in [-0.2, -0.15) is 0 Å². The normalized spacial score (nSPS) is 12.5. The van der Waals surface area contributed by atoms with Gasteiger partial charge in [-0.3, -0.25) is 4.79 Å². The molecule has 0 radical (unpaired) electrons. The maximum atomic E-state index is 10.3. The van der Waals surface area contributed by atoms with Crippen LogP contribution in [-0.4, -0.2) is 21.0 Å². The molecule has 0 fully saturated rings. The zero-order valence-electron chi connectivity index (χ0n) is 5.64. The maximum absolute atomic E-state index is 10.3. The number of aromatic nitrogens is 2. The van der Waals surface area contributed by atoms with Gasteiger partial charge >= 0.3 is 5.97 Å². The Labute approximate surface area is 62.9 Å². The van der Waals surface area contributed by atoms with E-state index >= 15 is 0 Å². The quantitative estimate of drug-likeness (QED) is 0.601. The minimum Gasteiger partial charge on any atom is -0.480 e. The molecule has 1 aromatic heterocycles. The van der Waals surface area contributed by atoms with Crippen LogP contribution in [-0.2, 0) is 4.79 Å². The standard InChI is InChI=1S/C6H7N3O2/c7-5(6(10)11)4-1-8-3-9-2-4/h1-3,5H,7H2,(H,10,11)/t5-/m1/s1. The average Bonchev–Trinajstić information content (AvgIpc) is 2.05. The molecule has 5 nitrogen and oxygen atoms in total. The number of rotatable bonds is 2. The molecule has 0 unspecified atom stereocenters. The van der Waals surface area contributed by atoms with Crippen LogP contribution in [0.4, 0.5) is 0 Å². The summed E-state index contributed by atoms with van der Waals surface area (Å²) < 4.78 is 0. The van der Waals surface area contributed by atoms with Crippen molar-refractivity contribution in [2.45, 2.75) is 6.04 Å². The van der Waals surface area contributed by atoms with Crippen LogP contribution in [0.25, 0.3) is 0 Å². The summed E-state index contributed by atoms with van der Waals surface area (Å²) in [5, 5.41) is 8.45. The fraction of sp³-hybridized carbons (Fsp3) is 0.167. The molecule has 1 aromatic rings. The highest BCUT2D eigenvalue weighted by atomic mass is 16.4. The number of aliphatic carboxylic acids is 1. The molecule has 0 bridgehead atoms. The fourth-order valence-corrected chi connectivity index (χ4v) is 0.614. The van der Waals surface area contributed by atoms with Crippen LogP contribution in [0.5, 0.6) is 0 Å². The van der Waals surface area contributed by atoms with Gasteiger partial charge in [0, 0.05) is 18.0 Å². The van der Waals surface area contributed by atoms with E-state index < -0.39 is 12.0 Å². The molecule has 3 N–H and O–H groups in total. The molecule has 11 heavy (non-hydrogen) atoms. The number of hydrogen-bond donors (Lipinski definition) is 2. The van der Waals surface area contributed by atoms with Crippen LogP contribution in [0, 0.1) is 0 Å². The van der Waals surface area contributed by atoms with Crippen LogP contribution >= 0.6 is 0 Å². The van der Waals surface area contributed by atoms with Crippen molar-refractivity contribution >= 4 is 5.97 Å². The highest BCUT2D eigenvalue weighted by Gasteiger charge is 2.13. The summed E-state index contributed by atoms with van der Waals surface area (Å²) in [6.45, 7) is 0. The van der Waals surface area contributed by atoms with Crippen molar-refractivity contribution in [3.8, 4) is 0 Å². The molecular formula is C6H7N3O2. The van der Waals surface area contributed by atoms with Crippen molar-refractivity contribution in [1.82, 2.24) is 9.97 Å². The van der Waals surface area contributed by atoms with Gasteiger partial charge in [0.15, 0.2) is 0 Å². The molecule has 0 aliphatic heterocycles. The second-order valence-electron chi connectivity index (χ2n) is 1.99. The van der Waals surface area contributed by atoms with Gasteiger partial charge in [-0.05, 0) is 0 Å². The van der Waals surface area contributed by atoms with Crippen molar-refractivity contribution in [3.63, 3.8) is 0 Å². The Bertz CT molecular complexity index is 249. The van der Waals surface area contributed by atoms with Gasteiger partial charge < -0.3 is 10.8 Å². The lowest BCUT2D eigenvalue weighted by Crippen LogP contribution is -2.20. The molecule has 1 rings (SSSR count). The Morgan fingerprint density at radius 1 is 1.55 bits per heavy atom. The minimum absolute atomic E-state index is 0.403. The van der Waals surface area contributed by atoms with Crippen LogP contribution in [0.3, 0.4) is 0 Å². The third-order valence-electron chi connectivity index (χ3n) is 1.21. The van der Waals surface area contributed by atoms with E-state index in [4.69, 9.17) is 10.8 Å². The average molecular weight is 153 g/mol. The predicted molar refractivity (Wildman–Crippen MR) is 36.6 cm³/mol. The van der Waals surface area contributed by atoms with E-state index in [9.17, 15) is 4.79 Å². The van der Waals surface area contributed by atoms with E-state index in [2.05, 4.69) is 9.97 Å². The van der Waals surface area contributed by atoms with Crippen LogP contribution < -0.4 is 5.73 Å². The molecule has 0 saturated carbocycles.